The molecule has 2 aromatic rings. The lowest BCUT2D eigenvalue weighted by molar-refractivity contribution is -0.134. The van der Waals surface area contributed by atoms with Gasteiger partial charge in [0.2, 0.25) is 5.91 Å². The number of hydrogen-bond donors (Lipinski definition) is 0. The van der Waals surface area contributed by atoms with E-state index in [9.17, 15) is 4.79 Å². The van der Waals surface area contributed by atoms with Crippen LogP contribution in [0.5, 0.6) is 0 Å². The first kappa shape index (κ1) is 16.6. The molecule has 0 spiro atoms. The molecule has 1 aromatic heterocycles. The Kier molecular flexibility index (Phi) is 5.25. The third-order valence-corrected chi connectivity index (χ3v) is 4.62. The molecule has 1 amide bonds. The number of rotatable bonds is 4. The van der Waals surface area contributed by atoms with E-state index in [2.05, 4.69) is 46.2 Å². The van der Waals surface area contributed by atoms with Crippen LogP contribution in [0.15, 0.2) is 36.9 Å². The molecule has 2 heterocycles. The molecule has 128 valence electrons. The molecule has 0 N–H and O–H groups in total. The van der Waals surface area contributed by atoms with Crippen LogP contribution in [0.2, 0.25) is 0 Å². The SMILES string of the molecule is Cc1ccc(CN2CCCN(C(=O)[C@@H](C)n3cncn3)CC2)cc1. The molecule has 1 aliphatic heterocycles. The summed E-state index contributed by atoms with van der Waals surface area (Å²) in [5.74, 6) is 0.123. The third-order valence-electron chi connectivity index (χ3n) is 4.62. The van der Waals surface area contributed by atoms with Crippen LogP contribution in [0.25, 0.3) is 0 Å². The van der Waals surface area contributed by atoms with Crippen molar-refractivity contribution < 1.29 is 4.79 Å². The summed E-state index contributed by atoms with van der Waals surface area (Å²) >= 11 is 0. The number of carbonyl (C=O) groups excluding carboxylic acids is 1. The highest BCUT2D eigenvalue weighted by molar-refractivity contribution is 5.80. The van der Waals surface area contributed by atoms with Gasteiger partial charge in [-0.25, -0.2) is 9.67 Å². The van der Waals surface area contributed by atoms with Crippen molar-refractivity contribution in [3.8, 4) is 0 Å². The molecule has 0 radical (unpaired) electrons. The molecule has 1 aliphatic rings. The summed E-state index contributed by atoms with van der Waals surface area (Å²) in [4.78, 5) is 21.0. The van der Waals surface area contributed by atoms with Crippen molar-refractivity contribution in [3.05, 3.63) is 48.0 Å². The van der Waals surface area contributed by atoms with Crippen molar-refractivity contribution in [1.82, 2.24) is 24.6 Å². The van der Waals surface area contributed by atoms with Gasteiger partial charge in [0.05, 0.1) is 0 Å². The molecule has 0 bridgehead atoms. The Morgan fingerprint density at radius 1 is 1.17 bits per heavy atom. The fourth-order valence-electron chi connectivity index (χ4n) is 3.10. The van der Waals surface area contributed by atoms with Gasteiger partial charge in [0.25, 0.3) is 0 Å². The van der Waals surface area contributed by atoms with Gasteiger partial charge in [-0.1, -0.05) is 29.8 Å². The summed E-state index contributed by atoms with van der Waals surface area (Å²) in [6.07, 6.45) is 4.07. The molecular formula is C18H25N5O. The normalized spacial score (nSPS) is 17.5. The number of aryl methyl sites for hydroxylation is 1. The van der Waals surface area contributed by atoms with E-state index < -0.39 is 0 Å². The zero-order valence-electron chi connectivity index (χ0n) is 14.4. The maximum Gasteiger partial charge on any atom is 0.247 e. The summed E-state index contributed by atoms with van der Waals surface area (Å²) in [6.45, 7) is 8.44. The molecule has 24 heavy (non-hydrogen) atoms. The molecule has 1 atom stereocenters. The number of amides is 1. The first-order valence-corrected chi connectivity index (χ1v) is 8.54. The summed E-state index contributed by atoms with van der Waals surface area (Å²) in [5, 5.41) is 4.08. The average molecular weight is 327 g/mol. The van der Waals surface area contributed by atoms with Crippen molar-refractivity contribution in [2.45, 2.75) is 32.9 Å². The van der Waals surface area contributed by atoms with E-state index >= 15 is 0 Å². The second kappa shape index (κ2) is 7.57. The Labute approximate surface area is 143 Å². The van der Waals surface area contributed by atoms with Gasteiger partial charge >= 0.3 is 0 Å². The third kappa shape index (κ3) is 4.00. The molecule has 0 aliphatic carbocycles. The average Bonchev–Trinajstić information content (AvgIpc) is 3.03. The highest BCUT2D eigenvalue weighted by atomic mass is 16.2. The largest absolute Gasteiger partial charge is 0.340 e. The Morgan fingerprint density at radius 2 is 1.96 bits per heavy atom. The van der Waals surface area contributed by atoms with E-state index in [0.717, 1.165) is 39.1 Å². The van der Waals surface area contributed by atoms with Crippen molar-refractivity contribution in [2.24, 2.45) is 0 Å². The summed E-state index contributed by atoms with van der Waals surface area (Å²) in [5.41, 5.74) is 2.62. The first-order valence-electron chi connectivity index (χ1n) is 8.54. The Morgan fingerprint density at radius 3 is 2.67 bits per heavy atom. The van der Waals surface area contributed by atoms with E-state index in [4.69, 9.17) is 0 Å². The van der Waals surface area contributed by atoms with Crippen LogP contribution >= 0.6 is 0 Å². The van der Waals surface area contributed by atoms with Crippen LogP contribution in [0, 0.1) is 6.92 Å². The molecule has 6 nitrogen and oxygen atoms in total. The summed E-state index contributed by atoms with van der Waals surface area (Å²) in [6, 6.07) is 8.40. The van der Waals surface area contributed by atoms with Crippen molar-refractivity contribution in [1.29, 1.82) is 0 Å². The van der Waals surface area contributed by atoms with E-state index in [1.54, 1.807) is 11.0 Å². The van der Waals surface area contributed by atoms with Gasteiger partial charge < -0.3 is 4.90 Å². The van der Waals surface area contributed by atoms with Crippen LogP contribution in [0.3, 0.4) is 0 Å². The molecule has 1 aromatic carbocycles. The second-order valence-corrected chi connectivity index (χ2v) is 6.49. The van der Waals surface area contributed by atoms with Crippen molar-refractivity contribution in [2.75, 3.05) is 26.2 Å². The number of carbonyl (C=O) groups is 1. The molecule has 1 saturated heterocycles. The second-order valence-electron chi connectivity index (χ2n) is 6.49. The number of benzene rings is 1. The van der Waals surface area contributed by atoms with E-state index in [-0.39, 0.29) is 11.9 Å². The minimum atomic E-state index is -0.295. The van der Waals surface area contributed by atoms with E-state index in [1.165, 1.54) is 17.5 Å². The highest BCUT2D eigenvalue weighted by Gasteiger charge is 2.24. The van der Waals surface area contributed by atoms with Gasteiger partial charge in [-0.3, -0.25) is 9.69 Å². The smallest absolute Gasteiger partial charge is 0.247 e. The lowest BCUT2D eigenvalue weighted by atomic mass is 10.1. The van der Waals surface area contributed by atoms with Gasteiger partial charge in [-0.2, -0.15) is 5.10 Å². The van der Waals surface area contributed by atoms with Crippen LogP contribution in [0.1, 0.15) is 30.5 Å². The maximum absolute atomic E-state index is 12.7. The maximum atomic E-state index is 12.7. The van der Waals surface area contributed by atoms with Crippen molar-refractivity contribution >= 4 is 5.91 Å². The van der Waals surface area contributed by atoms with Crippen LogP contribution in [-0.4, -0.2) is 56.7 Å². The van der Waals surface area contributed by atoms with E-state index in [0.29, 0.717) is 0 Å². The Balaban J connectivity index is 1.56. The molecule has 1 fully saturated rings. The van der Waals surface area contributed by atoms with Crippen LogP contribution in [-0.2, 0) is 11.3 Å². The fourth-order valence-corrected chi connectivity index (χ4v) is 3.10. The van der Waals surface area contributed by atoms with Crippen LogP contribution < -0.4 is 0 Å². The predicted molar refractivity (Wildman–Crippen MR) is 92.4 cm³/mol. The Hall–Kier alpha value is -2.21. The highest BCUT2D eigenvalue weighted by Crippen LogP contribution is 2.13. The quantitative estimate of drug-likeness (QED) is 0.860. The van der Waals surface area contributed by atoms with Gasteiger partial charge in [0, 0.05) is 32.7 Å². The zero-order valence-corrected chi connectivity index (χ0v) is 14.4. The summed E-state index contributed by atoms with van der Waals surface area (Å²) in [7, 11) is 0. The fraction of sp³-hybridized carbons (Fsp3) is 0.500. The van der Waals surface area contributed by atoms with E-state index in [1.807, 2.05) is 11.8 Å². The van der Waals surface area contributed by atoms with Gasteiger partial charge in [-0.15, -0.1) is 0 Å². The predicted octanol–water partition coefficient (Wildman–Crippen LogP) is 1.88. The summed E-state index contributed by atoms with van der Waals surface area (Å²) < 4.78 is 1.62. The zero-order chi connectivity index (χ0) is 16.9. The van der Waals surface area contributed by atoms with Crippen LogP contribution in [0.4, 0.5) is 0 Å². The van der Waals surface area contributed by atoms with Gasteiger partial charge in [0.15, 0.2) is 0 Å². The van der Waals surface area contributed by atoms with Gasteiger partial charge in [-0.05, 0) is 25.8 Å². The molecular weight excluding hydrogens is 302 g/mol. The molecule has 3 rings (SSSR count). The Bertz CT molecular complexity index is 653. The monoisotopic (exact) mass is 327 g/mol. The molecule has 0 saturated carbocycles. The lowest BCUT2D eigenvalue weighted by Gasteiger charge is -2.24. The number of aromatic nitrogens is 3. The van der Waals surface area contributed by atoms with Gasteiger partial charge in [0.1, 0.15) is 18.7 Å². The molecule has 0 unspecified atom stereocenters. The number of hydrogen-bond acceptors (Lipinski definition) is 4. The number of nitrogens with zero attached hydrogens (tertiary/aromatic N) is 5. The lowest BCUT2D eigenvalue weighted by Crippen LogP contribution is -2.39. The molecule has 6 heteroatoms. The first-order chi connectivity index (χ1) is 11.6. The van der Waals surface area contributed by atoms with Crippen molar-refractivity contribution in [3.63, 3.8) is 0 Å². The minimum Gasteiger partial charge on any atom is -0.340 e. The topological polar surface area (TPSA) is 54.3 Å². The minimum absolute atomic E-state index is 0.123. The standard InChI is InChI=1S/C18H25N5O/c1-15-4-6-17(7-5-15)12-21-8-3-9-22(11-10-21)18(24)16(2)23-14-19-13-20-23/h4-7,13-14,16H,3,8-12H2,1-2H3/t16-/m1/s1.